The maximum Gasteiger partial charge on any atom is 0.311 e. The van der Waals surface area contributed by atoms with E-state index >= 15 is 0 Å². The van der Waals surface area contributed by atoms with Gasteiger partial charge in [0.1, 0.15) is 12.2 Å². The second-order valence-corrected chi connectivity index (χ2v) is 13.8. The number of amides is 2. The molecule has 0 saturated carbocycles. The van der Waals surface area contributed by atoms with Crippen LogP contribution < -0.4 is 0 Å². The number of Topliss-reactive ketones (excluding diaryl/α,β-unsaturated/α-hetero) is 1. The Morgan fingerprint density at radius 2 is 1.80 bits per heavy atom. The molecule has 0 aromatic rings. The smallest absolute Gasteiger partial charge is 0.311 e. The van der Waals surface area contributed by atoms with Crippen LogP contribution in [0.25, 0.3) is 0 Å². The van der Waals surface area contributed by atoms with Crippen LogP contribution in [0.1, 0.15) is 34.1 Å². The zero-order chi connectivity index (χ0) is 32.3. The molecule has 3 fully saturated rings. The molecule has 3 N–H and O–H groups in total. The number of allylic oxidation sites excluding steroid dienone is 4. The third-order valence-electron chi connectivity index (χ3n) is 9.56. The van der Waals surface area contributed by atoms with Gasteiger partial charge in [-0.25, -0.2) is 0 Å². The highest BCUT2D eigenvalue weighted by molar-refractivity contribution is 8.01. The van der Waals surface area contributed by atoms with Crippen molar-refractivity contribution in [2.24, 2.45) is 11.8 Å². The summed E-state index contributed by atoms with van der Waals surface area (Å²) in [6.07, 6.45) is 9.03. The normalized spacial score (nSPS) is 36.2. The maximum absolute atomic E-state index is 14.8. The average molecular weight is 647 g/mol. The molecule has 5 rings (SSSR count). The number of rotatable bonds is 8. The summed E-state index contributed by atoms with van der Waals surface area (Å²) in [6, 6.07) is -1.89. The van der Waals surface area contributed by atoms with Gasteiger partial charge in [0.15, 0.2) is 15.5 Å². The van der Waals surface area contributed by atoms with Crippen LogP contribution in [0.15, 0.2) is 59.6 Å². The number of piperazine rings is 1. The first-order valence-electron chi connectivity index (χ1n) is 14.4. The van der Waals surface area contributed by atoms with E-state index in [1.807, 2.05) is 0 Å². The van der Waals surface area contributed by atoms with Gasteiger partial charge >= 0.3 is 5.97 Å². The first-order valence-corrected chi connectivity index (χ1v) is 16.9. The number of hydrogen-bond donors (Lipinski definition) is 3. The van der Waals surface area contributed by atoms with Crippen molar-refractivity contribution < 1.29 is 44.0 Å². The second-order valence-electron chi connectivity index (χ2n) is 11.7. The molecule has 238 valence electrons. The molecule has 0 aromatic carbocycles. The average Bonchev–Trinajstić information content (AvgIpc) is 3.43. The van der Waals surface area contributed by atoms with E-state index in [4.69, 9.17) is 9.47 Å². The number of esters is 1. The highest BCUT2D eigenvalue weighted by Crippen LogP contribution is 2.59. The van der Waals surface area contributed by atoms with E-state index in [2.05, 4.69) is 0 Å². The molecule has 13 heteroatoms. The molecule has 11 nitrogen and oxygen atoms in total. The van der Waals surface area contributed by atoms with Gasteiger partial charge < -0.3 is 34.6 Å². The number of aliphatic hydroxyl groups excluding tert-OH is 3. The van der Waals surface area contributed by atoms with Crippen LogP contribution in [0.4, 0.5) is 0 Å². The molecule has 0 aromatic heterocycles. The molecular weight excluding hydrogens is 608 g/mol. The lowest BCUT2D eigenvalue weighted by Crippen LogP contribution is -2.76. The summed E-state index contributed by atoms with van der Waals surface area (Å²) < 4.78 is 11.5. The van der Waals surface area contributed by atoms with E-state index in [1.165, 1.54) is 41.4 Å². The Kier molecular flexibility index (Phi) is 8.75. The molecule has 2 amide bonds. The minimum absolute atomic E-state index is 0.0558. The predicted molar refractivity (Wildman–Crippen MR) is 165 cm³/mol. The number of carbonyl (C=O) groups is 4. The topological polar surface area (TPSA) is 154 Å². The zero-order valence-corrected chi connectivity index (χ0v) is 27.0. The van der Waals surface area contributed by atoms with E-state index in [0.717, 1.165) is 23.5 Å². The van der Waals surface area contributed by atoms with Crippen molar-refractivity contribution in [2.75, 3.05) is 12.5 Å². The lowest BCUT2D eigenvalue weighted by molar-refractivity contribution is -0.174. The molecule has 5 aliphatic rings. The van der Waals surface area contributed by atoms with Crippen LogP contribution in [-0.2, 0) is 28.7 Å². The summed E-state index contributed by atoms with van der Waals surface area (Å²) in [6.45, 7) is 6.37. The lowest BCUT2D eigenvalue weighted by atomic mass is 9.87. The Bertz CT molecular complexity index is 1420. The van der Waals surface area contributed by atoms with Crippen molar-refractivity contribution in [3.05, 3.63) is 59.6 Å². The SMILES string of the molecule is C/C=C(\C)C(=O)[C@H](C)[C@@H](O)[C@@H](C)C(=O)O[C@H]1C=COC=C2C[C@@]3(SC)C(=O)N4[C@H]5C(=CC=C[C@@H]5O)[C@@H](O)[C@@]4(SC)C(=O)N3[C@@H]21. The number of carbonyl (C=O) groups excluding carboxylic acids is 4. The number of thioether (sulfide) groups is 2. The van der Waals surface area contributed by atoms with Gasteiger partial charge in [-0.3, -0.25) is 19.2 Å². The summed E-state index contributed by atoms with van der Waals surface area (Å²) in [5.74, 6) is -4.07. The molecule has 0 bridgehead atoms. The van der Waals surface area contributed by atoms with Gasteiger partial charge in [0.2, 0.25) is 0 Å². The van der Waals surface area contributed by atoms with Crippen molar-refractivity contribution in [2.45, 2.75) is 80.4 Å². The summed E-state index contributed by atoms with van der Waals surface area (Å²) >= 11 is 2.17. The number of aliphatic hydroxyl groups is 3. The van der Waals surface area contributed by atoms with Crippen LogP contribution in [0.5, 0.6) is 0 Å². The lowest BCUT2D eigenvalue weighted by Gasteiger charge is -2.54. The fourth-order valence-corrected chi connectivity index (χ4v) is 8.94. The van der Waals surface area contributed by atoms with E-state index in [-0.39, 0.29) is 12.2 Å². The van der Waals surface area contributed by atoms with Gasteiger partial charge in [-0.2, -0.15) is 0 Å². The summed E-state index contributed by atoms with van der Waals surface area (Å²) in [5, 5.41) is 33.5. The van der Waals surface area contributed by atoms with Gasteiger partial charge in [0, 0.05) is 12.3 Å². The Labute approximate surface area is 264 Å². The number of ether oxygens (including phenoxy) is 2. The second kappa shape index (κ2) is 11.8. The molecule has 10 atom stereocenters. The van der Waals surface area contributed by atoms with Crippen LogP contribution in [-0.4, -0.2) is 107 Å². The highest BCUT2D eigenvalue weighted by atomic mass is 32.2. The van der Waals surface area contributed by atoms with Crippen molar-refractivity contribution >= 4 is 47.1 Å². The minimum Gasteiger partial charge on any atom is -0.473 e. The number of hydrogen-bond acceptors (Lipinski definition) is 11. The number of nitrogens with zero attached hydrogens (tertiary/aromatic N) is 2. The van der Waals surface area contributed by atoms with Crippen molar-refractivity contribution in [1.82, 2.24) is 9.80 Å². The summed E-state index contributed by atoms with van der Waals surface area (Å²) in [7, 11) is 0. The number of ketones is 1. The maximum atomic E-state index is 14.8. The fraction of sp³-hybridized carbons (Fsp3) is 0.548. The van der Waals surface area contributed by atoms with E-state index in [9.17, 15) is 34.5 Å². The molecule has 3 saturated heterocycles. The molecule has 0 radical (unpaired) electrons. The summed E-state index contributed by atoms with van der Waals surface area (Å²) in [5.41, 5.74) is 1.36. The first kappa shape index (κ1) is 32.6. The van der Waals surface area contributed by atoms with Crippen LogP contribution in [0, 0.1) is 11.8 Å². The first-order chi connectivity index (χ1) is 20.8. The van der Waals surface area contributed by atoms with Crippen molar-refractivity contribution in [3.8, 4) is 0 Å². The van der Waals surface area contributed by atoms with E-state index < -0.39 is 75.9 Å². The predicted octanol–water partition coefficient (Wildman–Crippen LogP) is 1.66. The highest BCUT2D eigenvalue weighted by Gasteiger charge is 2.75. The standard InChI is InChI=1S/C31H38N2O9S2/c1-7-15(2)24(35)16(3)25(36)17(4)27(38)42-21-11-12-41-14-18-13-30(43-5)28(39)33-23-19(9-8-10-20(23)34)26(37)31(33,44-6)29(40)32(30)22(18)21/h7-12,14,16-17,20-23,25-26,34,36-37H,13H2,1-6H3/b15-7+/t16-,17+,20-,21-,22-,23-,25+,26+,30+,31+/m0/s1. The van der Waals surface area contributed by atoms with Crippen LogP contribution in [0.3, 0.4) is 0 Å². The third-order valence-corrected chi connectivity index (χ3v) is 12.0. The summed E-state index contributed by atoms with van der Waals surface area (Å²) in [4.78, 5) is 55.1. The van der Waals surface area contributed by atoms with Crippen LogP contribution in [0.2, 0.25) is 0 Å². The largest absolute Gasteiger partial charge is 0.473 e. The number of fused-ring (bicyclic) bond motifs is 6. The molecule has 4 heterocycles. The molecular formula is C31H38N2O9S2. The third kappa shape index (κ3) is 4.45. The zero-order valence-electron chi connectivity index (χ0n) is 25.4. The van der Waals surface area contributed by atoms with Gasteiger partial charge in [0.25, 0.3) is 11.8 Å². The van der Waals surface area contributed by atoms with Gasteiger partial charge in [-0.15, -0.1) is 23.5 Å². The quantitative estimate of drug-likeness (QED) is 0.261. The van der Waals surface area contributed by atoms with Crippen molar-refractivity contribution in [1.29, 1.82) is 0 Å². The Hall–Kier alpha value is -2.84. The molecule has 0 spiro atoms. The molecule has 44 heavy (non-hydrogen) atoms. The van der Waals surface area contributed by atoms with E-state index in [0.29, 0.717) is 16.7 Å². The van der Waals surface area contributed by atoms with Gasteiger partial charge in [-0.1, -0.05) is 31.2 Å². The monoisotopic (exact) mass is 646 g/mol. The Balaban J connectivity index is 1.52. The van der Waals surface area contributed by atoms with Crippen molar-refractivity contribution in [3.63, 3.8) is 0 Å². The van der Waals surface area contributed by atoms with Gasteiger partial charge in [-0.05, 0) is 56.1 Å². The van der Waals surface area contributed by atoms with E-state index in [1.54, 1.807) is 51.5 Å². The molecule has 4 aliphatic heterocycles. The van der Waals surface area contributed by atoms with Gasteiger partial charge in [0.05, 0.1) is 42.7 Å². The Morgan fingerprint density at radius 1 is 1.09 bits per heavy atom. The Morgan fingerprint density at radius 3 is 2.43 bits per heavy atom. The molecule has 1 aliphatic carbocycles. The van der Waals surface area contributed by atoms with Crippen LogP contribution >= 0.6 is 23.5 Å². The minimum atomic E-state index is -1.77. The molecule has 0 unspecified atom stereocenters. The fourth-order valence-electron chi connectivity index (χ4n) is 6.94.